The maximum Gasteiger partial charge on any atom is 0.166 e. The Morgan fingerprint density at radius 3 is 2.54 bits per heavy atom. The van der Waals surface area contributed by atoms with Crippen LogP contribution >= 0.6 is 0 Å². The fourth-order valence-corrected chi connectivity index (χ4v) is 5.82. The number of H-pyrrole nitrogens is 1. The van der Waals surface area contributed by atoms with Gasteiger partial charge in [-0.25, -0.2) is 8.78 Å². The summed E-state index contributed by atoms with van der Waals surface area (Å²) in [5.74, 6) is -0.934. The van der Waals surface area contributed by atoms with E-state index in [1.165, 1.54) is 12.5 Å². The number of likely N-dealkylation sites (tertiary alicyclic amines) is 2. The second kappa shape index (κ2) is 11.3. The Kier molecular flexibility index (Phi) is 7.91. The number of aromatic nitrogens is 2. The lowest BCUT2D eigenvalue weighted by Crippen LogP contribution is -2.43. The monoisotopic (exact) mass is 507 g/mol. The van der Waals surface area contributed by atoms with Crippen LogP contribution in [0.15, 0.2) is 36.9 Å². The molecular weight excluding hydrogens is 468 g/mol. The van der Waals surface area contributed by atoms with E-state index in [0.29, 0.717) is 24.1 Å². The second-order valence-electron chi connectivity index (χ2n) is 11.2. The number of halogens is 2. The quantitative estimate of drug-likeness (QED) is 0.383. The Bertz CT molecular complexity index is 1240. The number of rotatable bonds is 8. The standard InChI is InChI=1S/C30H39F2N5/c1-20(2)18-37-13-9-24(10-14-37)33-21(3)30-26-17-23(7-8-28(26)34-35-30)25-15-22(16-27(31)29(25)32)19-36-11-5-4-6-12-36/h7-8,15-17,20,24,33H,3-6,9-14,18-19H2,1-2H3,(H,34,35). The average Bonchev–Trinajstić information content (AvgIpc) is 3.31. The summed E-state index contributed by atoms with van der Waals surface area (Å²) in [6.07, 6.45) is 5.68. The molecule has 0 amide bonds. The molecule has 0 saturated carbocycles. The number of benzene rings is 2. The number of hydrogen-bond acceptors (Lipinski definition) is 4. The van der Waals surface area contributed by atoms with Gasteiger partial charge in [0.2, 0.25) is 0 Å². The Morgan fingerprint density at radius 2 is 1.81 bits per heavy atom. The van der Waals surface area contributed by atoms with E-state index in [0.717, 1.165) is 86.3 Å². The molecular formula is C30H39F2N5. The summed E-state index contributed by atoms with van der Waals surface area (Å²) in [6.45, 7) is 14.7. The van der Waals surface area contributed by atoms with Crippen molar-refractivity contribution in [3.8, 4) is 11.1 Å². The number of aromatic amines is 1. The SMILES string of the molecule is C=C(NC1CCN(CC(C)C)CC1)c1n[nH]c2ccc(-c3cc(CN4CCCCC4)cc(F)c3F)cc12. The van der Waals surface area contributed by atoms with Crippen LogP contribution in [0.5, 0.6) is 0 Å². The van der Waals surface area contributed by atoms with Crippen molar-refractivity contribution < 1.29 is 8.78 Å². The first-order valence-electron chi connectivity index (χ1n) is 13.7. The number of hydrogen-bond donors (Lipinski definition) is 2. The van der Waals surface area contributed by atoms with Gasteiger partial charge in [-0.3, -0.25) is 10.00 Å². The van der Waals surface area contributed by atoms with Gasteiger partial charge in [0, 0.05) is 43.2 Å². The first-order valence-corrected chi connectivity index (χ1v) is 13.7. The molecule has 1 aromatic heterocycles. The second-order valence-corrected chi connectivity index (χ2v) is 11.2. The van der Waals surface area contributed by atoms with Crippen LogP contribution in [0.3, 0.4) is 0 Å². The molecule has 37 heavy (non-hydrogen) atoms. The van der Waals surface area contributed by atoms with Crippen LogP contribution in [0.1, 0.15) is 57.2 Å². The summed E-state index contributed by atoms with van der Waals surface area (Å²) >= 11 is 0. The highest BCUT2D eigenvalue weighted by Crippen LogP contribution is 2.31. The maximum atomic E-state index is 15.0. The molecule has 0 aliphatic carbocycles. The van der Waals surface area contributed by atoms with Crippen molar-refractivity contribution in [3.05, 3.63) is 59.8 Å². The van der Waals surface area contributed by atoms with Crippen LogP contribution in [-0.4, -0.2) is 58.8 Å². The zero-order chi connectivity index (χ0) is 25.9. The molecule has 3 aromatic rings. The van der Waals surface area contributed by atoms with Gasteiger partial charge in [-0.1, -0.05) is 32.9 Å². The van der Waals surface area contributed by atoms with Gasteiger partial charge in [-0.05, 0) is 80.1 Å². The summed E-state index contributed by atoms with van der Waals surface area (Å²) in [7, 11) is 0. The predicted molar refractivity (Wildman–Crippen MR) is 147 cm³/mol. The van der Waals surface area contributed by atoms with Gasteiger partial charge in [0.05, 0.1) is 11.2 Å². The van der Waals surface area contributed by atoms with Gasteiger partial charge in [0.1, 0.15) is 5.69 Å². The molecule has 0 spiro atoms. The van der Waals surface area contributed by atoms with Crippen LogP contribution in [0.4, 0.5) is 8.78 Å². The third kappa shape index (κ3) is 6.04. The van der Waals surface area contributed by atoms with Crippen molar-refractivity contribution in [2.24, 2.45) is 5.92 Å². The summed E-state index contributed by atoms with van der Waals surface area (Å²) in [6, 6.07) is 9.10. The van der Waals surface area contributed by atoms with Gasteiger partial charge in [0.25, 0.3) is 0 Å². The number of nitrogens with one attached hydrogen (secondary N) is 2. The molecule has 3 heterocycles. The van der Waals surface area contributed by atoms with E-state index in [-0.39, 0.29) is 5.56 Å². The molecule has 2 aliphatic heterocycles. The molecule has 7 heteroatoms. The lowest BCUT2D eigenvalue weighted by Gasteiger charge is -2.34. The minimum atomic E-state index is -0.808. The van der Waals surface area contributed by atoms with Crippen molar-refractivity contribution in [2.45, 2.75) is 58.5 Å². The van der Waals surface area contributed by atoms with Crippen LogP contribution in [0, 0.1) is 17.6 Å². The van der Waals surface area contributed by atoms with E-state index < -0.39 is 11.6 Å². The van der Waals surface area contributed by atoms with Gasteiger partial charge in [-0.15, -0.1) is 0 Å². The molecule has 0 unspecified atom stereocenters. The van der Waals surface area contributed by atoms with E-state index in [1.54, 1.807) is 6.07 Å². The fraction of sp³-hybridized carbons (Fsp3) is 0.500. The highest BCUT2D eigenvalue weighted by atomic mass is 19.2. The number of nitrogens with zero attached hydrogens (tertiary/aromatic N) is 3. The van der Waals surface area contributed by atoms with Crippen LogP contribution in [0.2, 0.25) is 0 Å². The van der Waals surface area contributed by atoms with Crippen molar-refractivity contribution in [1.82, 2.24) is 25.3 Å². The van der Waals surface area contributed by atoms with E-state index in [4.69, 9.17) is 0 Å². The summed E-state index contributed by atoms with van der Waals surface area (Å²) < 4.78 is 29.7. The summed E-state index contributed by atoms with van der Waals surface area (Å²) in [5.41, 5.74) is 4.07. The molecule has 0 atom stereocenters. The molecule has 198 valence electrons. The molecule has 5 rings (SSSR count). The smallest absolute Gasteiger partial charge is 0.166 e. The number of fused-ring (bicyclic) bond motifs is 1. The fourth-order valence-electron chi connectivity index (χ4n) is 5.82. The van der Waals surface area contributed by atoms with E-state index >= 15 is 4.39 Å². The van der Waals surface area contributed by atoms with Gasteiger partial charge >= 0.3 is 0 Å². The predicted octanol–water partition coefficient (Wildman–Crippen LogP) is 6.17. The van der Waals surface area contributed by atoms with Crippen molar-refractivity contribution in [1.29, 1.82) is 0 Å². The average molecular weight is 508 g/mol. The Hall–Kier alpha value is -2.77. The molecule has 2 aliphatic rings. The molecule has 2 aromatic carbocycles. The zero-order valence-corrected chi connectivity index (χ0v) is 22.1. The Labute approximate surface area is 218 Å². The lowest BCUT2D eigenvalue weighted by atomic mass is 9.99. The normalized spacial score (nSPS) is 18.1. The van der Waals surface area contributed by atoms with E-state index in [1.807, 2.05) is 18.2 Å². The van der Waals surface area contributed by atoms with E-state index in [2.05, 4.69) is 45.7 Å². The van der Waals surface area contributed by atoms with Gasteiger partial charge in [0.15, 0.2) is 11.6 Å². The molecule has 0 radical (unpaired) electrons. The first kappa shape index (κ1) is 25.9. The molecule has 5 nitrogen and oxygen atoms in total. The highest BCUT2D eigenvalue weighted by Gasteiger charge is 2.22. The minimum absolute atomic E-state index is 0.289. The zero-order valence-electron chi connectivity index (χ0n) is 22.1. The van der Waals surface area contributed by atoms with Crippen molar-refractivity contribution >= 4 is 16.6 Å². The molecule has 0 bridgehead atoms. The topological polar surface area (TPSA) is 47.2 Å². The minimum Gasteiger partial charge on any atom is -0.381 e. The summed E-state index contributed by atoms with van der Waals surface area (Å²) in [5, 5.41) is 12.0. The first-order chi connectivity index (χ1) is 17.9. The third-order valence-electron chi connectivity index (χ3n) is 7.69. The molecule has 2 N–H and O–H groups in total. The Morgan fingerprint density at radius 1 is 1.05 bits per heavy atom. The Balaban J connectivity index is 1.34. The number of piperidine rings is 2. The third-order valence-corrected chi connectivity index (χ3v) is 7.69. The molecule has 2 saturated heterocycles. The molecule has 2 fully saturated rings. The van der Waals surface area contributed by atoms with Crippen LogP contribution in [0.25, 0.3) is 27.7 Å². The van der Waals surface area contributed by atoms with Crippen LogP contribution < -0.4 is 5.32 Å². The van der Waals surface area contributed by atoms with Crippen molar-refractivity contribution in [2.75, 3.05) is 32.7 Å². The van der Waals surface area contributed by atoms with Crippen LogP contribution in [-0.2, 0) is 6.54 Å². The largest absolute Gasteiger partial charge is 0.381 e. The van der Waals surface area contributed by atoms with Crippen molar-refractivity contribution in [3.63, 3.8) is 0 Å². The van der Waals surface area contributed by atoms with Gasteiger partial charge < -0.3 is 10.2 Å². The van der Waals surface area contributed by atoms with E-state index in [9.17, 15) is 4.39 Å². The summed E-state index contributed by atoms with van der Waals surface area (Å²) in [4.78, 5) is 4.84. The highest BCUT2D eigenvalue weighted by molar-refractivity contribution is 5.92. The maximum absolute atomic E-state index is 15.0. The lowest BCUT2D eigenvalue weighted by molar-refractivity contribution is 0.186. The van der Waals surface area contributed by atoms with Gasteiger partial charge in [-0.2, -0.15) is 5.10 Å².